The third kappa shape index (κ3) is 3.73. The Kier molecular flexibility index (Phi) is 5.86. The first kappa shape index (κ1) is 20.9. The molecule has 0 spiro atoms. The summed E-state index contributed by atoms with van der Waals surface area (Å²) in [4.78, 5) is 8.95. The van der Waals surface area contributed by atoms with E-state index in [1.807, 2.05) is 30.3 Å². The highest BCUT2D eigenvalue weighted by Gasteiger charge is 2.61. The Morgan fingerprint density at radius 2 is 1.83 bits per heavy atom. The standard InChI is InChI=1S/C22H17ClINO5/c23-22(25(27)28)20(26)16-8-4-5-9-18(16)30-21(22)15-10-11-19(17(24)12-15)29-13-14-6-2-1-3-7-14/h1-12,20-21,26H,13H2/t20-,21-,22+/m0/s1. The van der Waals surface area contributed by atoms with Gasteiger partial charge in [0.25, 0.3) is 0 Å². The minimum absolute atomic E-state index is 0.290. The van der Waals surface area contributed by atoms with E-state index in [9.17, 15) is 15.2 Å². The van der Waals surface area contributed by atoms with E-state index in [2.05, 4.69) is 22.6 Å². The molecule has 0 saturated carbocycles. The number of hydrogen-bond donors (Lipinski definition) is 1. The van der Waals surface area contributed by atoms with Gasteiger partial charge in [-0.2, -0.15) is 0 Å². The van der Waals surface area contributed by atoms with Crippen molar-refractivity contribution in [2.24, 2.45) is 0 Å². The number of hydrogen-bond acceptors (Lipinski definition) is 5. The fourth-order valence-electron chi connectivity index (χ4n) is 3.41. The molecule has 3 aromatic rings. The van der Waals surface area contributed by atoms with E-state index < -0.39 is 22.1 Å². The van der Waals surface area contributed by atoms with Crippen molar-refractivity contribution in [1.29, 1.82) is 0 Å². The first-order valence-electron chi connectivity index (χ1n) is 9.14. The molecular weight excluding hydrogens is 521 g/mol. The van der Waals surface area contributed by atoms with Crippen LogP contribution in [0.5, 0.6) is 11.5 Å². The SMILES string of the molecule is O=[N+]([O-])[C@]1(Cl)[C@@H](O)c2ccccc2O[C@H]1c1ccc(OCc2ccccc2)c(I)c1. The Labute approximate surface area is 191 Å². The van der Waals surface area contributed by atoms with E-state index >= 15 is 0 Å². The molecule has 154 valence electrons. The first-order chi connectivity index (χ1) is 14.4. The lowest BCUT2D eigenvalue weighted by Gasteiger charge is -2.37. The Hall–Kier alpha value is -2.36. The molecule has 0 radical (unpaired) electrons. The fraction of sp³-hybridized carbons (Fsp3) is 0.182. The normalized spacial score (nSPS) is 22.6. The monoisotopic (exact) mass is 537 g/mol. The van der Waals surface area contributed by atoms with Crippen LogP contribution in [0.3, 0.4) is 0 Å². The lowest BCUT2D eigenvalue weighted by molar-refractivity contribution is -0.570. The zero-order chi connectivity index (χ0) is 21.3. The van der Waals surface area contributed by atoms with Crippen molar-refractivity contribution >= 4 is 34.2 Å². The summed E-state index contributed by atoms with van der Waals surface area (Å²) in [6.07, 6.45) is -2.72. The maximum Gasteiger partial charge on any atom is 0.364 e. The second-order valence-electron chi connectivity index (χ2n) is 6.89. The van der Waals surface area contributed by atoms with Gasteiger partial charge in [0.2, 0.25) is 6.10 Å². The number of ether oxygens (including phenoxy) is 2. The lowest BCUT2D eigenvalue weighted by atomic mass is 9.89. The van der Waals surface area contributed by atoms with Crippen molar-refractivity contribution in [2.75, 3.05) is 0 Å². The van der Waals surface area contributed by atoms with Crippen LogP contribution in [0.4, 0.5) is 0 Å². The number of aliphatic hydroxyl groups excluding tert-OH is 1. The van der Waals surface area contributed by atoms with E-state index in [-0.39, 0.29) is 5.56 Å². The van der Waals surface area contributed by atoms with Crippen LogP contribution in [0, 0.1) is 13.7 Å². The summed E-state index contributed by atoms with van der Waals surface area (Å²) in [7, 11) is 0. The molecule has 1 aliphatic rings. The van der Waals surface area contributed by atoms with Crippen LogP contribution in [0.15, 0.2) is 72.8 Å². The van der Waals surface area contributed by atoms with Crippen LogP contribution < -0.4 is 9.47 Å². The number of aliphatic hydroxyl groups is 1. The highest BCUT2D eigenvalue weighted by Crippen LogP contribution is 2.51. The summed E-state index contributed by atoms with van der Waals surface area (Å²) in [5, 5.41) is 22.6. The predicted molar refractivity (Wildman–Crippen MR) is 120 cm³/mol. The molecule has 8 heteroatoms. The predicted octanol–water partition coefficient (Wildman–Crippen LogP) is 5.25. The van der Waals surface area contributed by atoms with Crippen LogP contribution in [-0.4, -0.2) is 15.0 Å². The Bertz CT molecular complexity index is 1080. The van der Waals surface area contributed by atoms with E-state index in [4.69, 9.17) is 21.1 Å². The van der Waals surface area contributed by atoms with Gasteiger partial charge < -0.3 is 14.6 Å². The van der Waals surface area contributed by atoms with Crippen LogP contribution in [0.2, 0.25) is 0 Å². The number of benzene rings is 3. The van der Waals surface area contributed by atoms with E-state index in [1.165, 1.54) is 0 Å². The summed E-state index contributed by atoms with van der Waals surface area (Å²) in [6.45, 7) is 0.399. The van der Waals surface area contributed by atoms with Gasteiger partial charge in [0.05, 0.1) is 8.49 Å². The van der Waals surface area contributed by atoms with E-state index in [1.54, 1.807) is 42.5 Å². The molecule has 0 saturated heterocycles. The van der Waals surface area contributed by atoms with Gasteiger partial charge >= 0.3 is 5.00 Å². The summed E-state index contributed by atoms with van der Waals surface area (Å²) >= 11 is 8.52. The largest absolute Gasteiger partial charge is 0.488 e. The van der Waals surface area contributed by atoms with Gasteiger partial charge in [0, 0.05) is 11.1 Å². The first-order valence-corrected chi connectivity index (χ1v) is 10.6. The Balaban J connectivity index is 1.65. The minimum Gasteiger partial charge on any atom is -0.488 e. The second kappa shape index (κ2) is 8.41. The average Bonchev–Trinajstić information content (AvgIpc) is 2.76. The van der Waals surface area contributed by atoms with Gasteiger partial charge in [-0.15, -0.1) is 0 Å². The molecule has 1 aliphatic heterocycles. The maximum atomic E-state index is 11.9. The van der Waals surface area contributed by atoms with Crippen molar-refractivity contribution in [3.05, 3.63) is 103 Å². The summed E-state index contributed by atoms with van der Waals surface area (Å²) in [5.41, 5.74) is 1.80. The molecule has 0 amide bonds. The van der Waals surface area contributed by atoms with Crippen molar-refractivity contribution in [3.8, 4) is 11.5 Å². The number of rotatable bonds is 5. The molecule has 0 unspecified atom stereocenters. The average molecular weight is 538 g/mol. The molecule has 0 fully saturated rings. The van der Waals surface area contributed by atoms with E-state index in [0.29, 0.717) is 23.7 Å². The fourth-order valence-corrected chi connectivity index (χ4v) is 4.40. The highest BCUT2D eigenvalue weighted by atomic mass is 127. The quantitative estimate of drug-likeness (QED) is 0.158. The van der Waals surface area contributed by atoms with Crippen LogP contribution >= 0.6 is 34.2 Å². The number of nitro groups is 1. The summed E-state index contributed by atoms with van der Waals surface area (Å²) in [6, 6.07) is 21.5. The van der Waals surface area contributed by atoms with Crippen LogP contribution in [0.25, 0.3) is 0 Å². The van der Waals surface area contributed by atoms with E-state index in [0.717, 1.165) is 9.13 Å². The third-order valence-corrected chi connectivity index (χ3v) is 6.37. The maximum absolute atomic E-state index is 11.9. The molecule has 4 rings (SSSR count). The summed E-state index contributed by atoms with van der Waals surface area (Å²) < 4.78 is 12.5. The van der Waals surface area contributed by atoms with Crippen LogP contribution in [-0.2, 0) is 6.61 Å². The molecule has 3 aromatic carbocycles. The van der Waals surface area contributed by atoms with Gasteiger partial charge in [-0.3, -0.25) is 10.1 Å². The third-order valence-electron chi connectivity index (χ3n) is 4.99. The lowest BCUT2D eigenvalue weighted by Crippen LogP contribution is -2.49. The molecule has 0 aromatic heterocycles. The zero-order valence-electron chi connectivity index (χ0n) is 15.6. The molecule has 6 nitrogen and oxygen atoms in total. The number of fused-ring (bicyclic) bond motifs is 1. The Morgan fingerprint density at radius 3 is 2.53 bits per heavy atom. The van der Waals surface area contributed by atoms with Crippen molar-refractivity contribution in [1.82, 2.24) is 0 Å². The highest BCUT2D eigenvalue weighted by molar-refractivity contribution is 14.1. The van der Waals surface area contributed by atoms with Gasteiger partial charge in [0.1, 0.15) is 18.1 Å². The zero-order valence-corrected chi connectivity index (χ0v) is 18.5. The summed E-state index contributed by atoms with van der Waals surface area (Å²) in [5.74, 6) is 1.01. The molecular formula is C22H17ClINO5. The number of halogens is 2. The Morgan fingerprint density at radius 1 is 1.13 bits per heavy atom. The van der Waals surface area contributed by atoms with Crippen LogP contribution in [0.1, 0.15) is 28.9 Å². The van der Waals surface area contributed by atoms with Gasteiger partial charge in [-0.1, -0.05) is 54.6 Å². The molecule has 0 bridgehead atoms. The molecule has 0 aliphatic carbocycles. The molecule has 30 heavy (non-hydrogen) atoms. The molecule has 1 heterocycles. The van der Waals surface area contributed by atoms with Gasteiger partial charge in [-0.05, 0) is 58.0 Å². The number of nitrogens with zero attached hydrogens (tertiary/aromatic N) is 1. The second-order valence-corrected chi connectivity index (χ2v) is 8.65. The molecule has 1 N–H and O–H groups in total. The smallest absolute Gasteiger partial charge is 0.364 e. The van der Waals surface area contributed by atoms with Crippen molar-refractivity contribution in [2.45, 2.75) is 23.8 Å². The van der Waals surface area contributed by atoms with Crippen molar-refractivity contribution in [3.63, 3.8) is 0 Å². The molecule has 3 atom stereocenters. The van der Waals surface area contributed by atoms with Gasteiger partial charge in [0.15, 0.2) is 6.10 Å². The van der Waals surface area contributed by atoms with Gasteiger partial charge in [-0.25, -0.2) is 0 Å². The van der Waals surface area contributed by atoms with Crippen molar-refractivity contribution < 1.29 is 19.5 Å². The topological polar surface area (TPSA) is 81.8 Å². The number of para-hydroxylation sites is 1. The minimum atomic E-state index is -2.26. The number of alkyl halides is 1.